The summed E-state index contributed by atoms with van der Waals surface area (Å²) < 4.78 is 0. The summed E-state index contributed by atoms with van der Waals surface area (Å²) >= 11 is 6.17. The number of halogens is 2. The molecule has 0 unspecified atom stereocenters. The Bertz CT molecular complexity index is 585. The van der Waals surface area contributed by atoms with E-state index >= 15 is 0 Å². The van der Waals surface area contributed by atoms with Gasteiger partial charge in [0, 0.05) is 30.1 Å². The summed E-state index contributed by atoms with van der Waals surface area (Å²) in [5.74, 6) is -0.0253. The standard InChI is InChI=1S/C16H17ClN2O.ClH/c17-15-4-2-1-3-14(15)13-7-5-12(6-8-13)11-19-16(20)9-10-18;/h1-8H,9-11,18H2,(H,19,20);1H. The van der Waals surface area contributed by atoms with Crippen molar-refractivity contribution in [3.8, 4) is 11.1 Å². The normalized spacial score (nSPS) is 9.81. The van der Waals surface area contributed by atoms with E-state index in [1.807, 2.05) is 48.5 Å². The van der Waals surface area contributed by atoms with Gasteiger partial charge in [0.1, 0.15) is 0 Å². The average Bonchev–Trinajstić information content (AvgIpc) is 2.47. The number of nitrogens with one attached hydrogen (secondary N) is 1. The van der Waals surface area contributed by atoms with Crippen LogP contribution in [0.1, 0.15) is 12.0 Å². The Morgan fingerprint density at radius 2 is 1.76 bits per heavy atom. The van der Waals surface area contributed by atoms with Crippen molar-refractivity contribution in [3.63, 3.8) is 0 Å². The molecule has 0 saturated heterocycles. The van der Waals surface area contributed by atoms with Gasteiger partial charge in [0.2, 0.25) is 5.91 Å². The first-order valence-electron chi connectivity index (χ1n) is 6.51. The minimum Gasteiger partial charge on any atom is -0.352 e. The Hall–Kier alpha value is -1.55. The molecule has 0 spiro atoms. The van der Waals surface area contributed by atoms with E-state index < -0.39 is 0 Å². The van der Waals surface area contributed by atoms with Gasteiger partial charge in [0.15, 0.2) is 0 Å². The fourth-order valence-electron chi connectivity index (χ4n) is 1.92. The van der Waals surface area contributed by atoms with Crippen molar-refractivity contribution in [3.05, 3.63) is 59.1 Å². The van der Waals surface area contributed by atoms with Crippen LogP contribution in [0.25, 0.3) is 11.1 Å². The number of hydrogen-bond acceptors (Lipinski definition) is 2. The molecule has 0 radical (unpaired) electrons. The lowest BCUT2D eigenvalue weighted by Gasteiger charge is -2.07. The van der Waals surface area contributed by atoms with Crippen LogP contribution in [-0.4, -0.2) is 12.5 Å². The van der Waals surface area contributed by atoms with Gasteiger partial charge in [0.25, 0.3) is 0 Å². The van der Waals surface area contributed by atoms with E-state index in [1.54, 1.807) is 0 Å². The zero-order valence-electron chi connectivity index (χ0n) is 11.5. The molecule has 0 heterocycles. The molecule has 1 amide bonds. The molecule has 2 rings (SSSR count). The highest BCUT2D eigenvalue weighted by molar-refractivity contribution is 6.33. The predicted molar refractivity (Wildman–Crippen MR) is 89.7 cm³/mol. The number of nitrogens with two attached hydrogens (primary N) is 1. The molecule has 112 valence electrons. The van der Waals surface area contributed by atoms with Gasteiger partial charge in [-0.3, -0.25) is 4.79 Å². The Balaban J connectivity index is 0.00000220. The third kappa shape index (κ3) is 5.05. The van der Waals surface area contributed by atoms with Gasteiger partial charge in [0.05, 0.1) is 0 Å². The van der Waals surface area contributed by atoms with Gasteiger partial charge in [-0.05, 0) is 17.2 Å². The largest absolute Gasteiger partial charge is 0.352 e. The molecule has 0 saturated carbocycles. The highest BCUT2D eigenvalue weighted by atomic mass is 35.5. The Labute approximate surface area is 135 Å². The molecule has 2 aromatic carbocycles. The van der Waals surface area contributed by atoms with Crippen molar-refractivity contribution in [1.29, 1.82) is 0 Å². The maximum Gasteiger partial charge on any atom is 0.221 e. The van der Waals surface area contributed by atoms with Crippen LogP contribution < -0.4 is 11.1 Å². The maximum absolute atomic E-state index is 11.3. The van der Waals surface area contributed by atoms with Crippen molar-refractivity contribution in [2.24, 2.45) is 5.73 Å². The Kier molecular flexibility index (Phi) is 7.23. The summed E-state index contributed by atoms with van der Waals surface area (Å²) in [6.45, 7) is 0.888. The predicted octanol–water partition coefficient (Wildman–Crippen LogP) is 3.39. The molecule has 0 atom stereocenters. The molecule has 0 fully saturated rings. The summed E-state index contributed by atoms with van der Waals surface area (Å²) in [7, 11) is 0. The lowest BCUT2D eigenvalue weighted by Crippen LogP contribution is -2.24. The summed E-state index contributed by atoms with van der Waals surface area (Å²) in [6.07, 6.45) is 0.359. The smallest absolute Gasteiger partial charge is 0.221 e. The average molecular weight is 325 g/mol. The number of carbonyl (C=O) groups is 1. The first-order valence-corrected chi connectivity index (χ1v) is 6.89. The molecule has 5 heteroatoms. The lowest BCUT2D eigenvalue weighted by molar-refractivity contribution is -0.121. The van der Waals surface area contributed by atoms with Crippen LogP contribution in [0.3, 0.4) is 0 Å². The SMILES string of the molecule is Cl.NCCC(=O)NCc1ccc(-c2ccccc2Cl)cc1. The number of amides is 1. The summed E-state index contributed by atoms with van der Waals surface area (Å²) in [4.78, 5) is 11.3. The van der Waals surface area contributed by atoms with Gasteiger partial charge in [-0.2, -0.15) is 0 Å². The molecule has 0 aliphatic rings. The molecule has 2 aromatic rings. The van der Waals surface area contributed by atoms with E-state index in [1.165, 1.54) is 0 Å². The number of carbonyl (C=O) groups excluding carboxylic acids is 1. The molecule has 0 aromatic heterocycles. The Morgan fingerprint density at radius 1 is 1.10 bits per heavy atom. The van der Waals surface area contributed by atoms with Crippen LogP contribution in [0.15, 0.2) is 48.5 Å². The number of rotatable bonds is 5. The number of benzene rings is 2. The minimum atomic E-state index is -0.0253. The molecule has 21 heavy (non-hydrogen) atoms. The van der Waals surface area contributed by atoms with E-state index in [9.17, 15) is 4.79 Å². The van der Waals surface area contributed by atoms with Crippen LogP contribution >= 0.6 is 24.0 Å². The van der Waals surface area contributed by atoms with Gasteiger partial charge >= 0.3 is 0 Å². The van der Waals surface area contributed by atoms with E-state index in [4.69, 9.17) is 17.3 Å². The van der Waals surface area contributed by atoms with Crippen LogP contribution in [0.2, 0.25) is 5.02 Å². The fourth-order valence-corrected chi connectivity index (χ4v) is 2.16. The molecule has 3 nitrogen and oxygen atoms in total. The maximum atomic E-state index is 11.3. The highest BCUT2D eigenvalue weighted by Gasteiger charge is 2.03. The van der Waals surface area contributed by atoms with Crippen molar-refractivity contribution >= 4 is 29.9 Å². The molecular weight excluding hydrogens is 307 g/mol. The lowest BCUT2D eigenvalue weighted by atomic mass is 10.0. The van der Waals surface area contributed by atoms with Crippen molar-refractivity contribution in [2.45, 2.75) is 13.0 Å². The van der Waals surface area contributed by atoms with E-state index in [0.29, 0.717) is 19.5 Å². The molecule has 0 aliphatic heterocycles. The number of hydrogen-bond donors (Lipinski definition) is 2. The van der Waals surface area contributed by atoms with Crippen molar-refractivity contribution < 1.29 is 4.79 Å². The first kappa shape index (κ1) is 17.5. The second-order valence-corrected chi connectivity index (χ2v) is 4.90. The summed E-state index contributed by atoms with van der Waals surface area (Å²) in [6, 6.07) is 15.7. The van der Waals surface area contributed by atoms with E-state index in [2.05, 4.69) is 5.32 Å². The monoisotopic (exact) mass is 324 g/mol. The molecule has 3 N–H and O–H groups in total. The zero-order valence-corrected chi connectivity index (χ0v) is 13.1. The second kappa shape index (κ2) is 8.67. The quantitative estimate of drug-likeness (QED) is 0.885. The fraction of sp³-hybridized carbons (Fsp3) is 0.188. The third-order valence-electron chi connectivity index (χ3n) is 3.00. The summed E-state index contributed by atoms with van der Waals surface area (Å²) in [5.41, 5.74) is 8.44. The zero-order chi connectivity index (χ0) is 14.4. The molecule has 0 aliphatic carbocycles. The van der Waals surface area contributed by atoms with E-state index in [0.717, 1.165) is 21.7 Å². The van der Waals surface area contributed by atoms with Crippen LogP contribution in [0, 0.1) is 0 Å². The molecule has 0 bridgehead atoms. The highest BCUT2D eigenvalue weighted by Crippen LogP contribution is 2.27. The van der Waals surface area contributed by atoms with E-state index in [-0.39, 0.29) is 18.3 Å². The van der Waals surface area contributed by atoms with Crippen LogP contribution in [0.5, 0.6) is 0 Å². The topological polar surface area (TPSA) is 55.1 Å². The van der Waals surface area contributed by atoms with Gasteiger partial charge in [-0.25, -0.2) is 0 Å². The van der Waals surface area contributed by atoms with Gasteiger partial charge in [-0.15, -0.1) is 12.4 Å². The molecular formula is C16H18Cl2N2O. The first-order chi connectivity index (χ1) is 9.70. The third-order valence-corrected chi connectivity index (χ3v) is 3.33. The van der Waals surface area contributed by atoms with Gasteiger partial charge in [-0.1, -0.05) is 54.1 Å². The Morgan fingerprint density at radius 3 is 2.38 bits per heavy atom. The van der Waals surface area contributed by atoms with Crippen molar-refractivity contribution in [2.75, 3.05) is 6.54 Å². The van der Waals surface area contributed by atoms with Crippen molar-refractivity contribution in [1.82, 2.24) is 5.32 Å². The van der Waals surface area contributed by atoms with Crippen LogP contribution in [0.4, 0.5) is 0 Å². The second-order valence-electron chi connectivity index (χ2n) is 4.49. The summed E-state index contributed by atoms with van der Waals surface area (Å²) in [5, 5.41) is 3.56. The van der Waals surface area contributed by atoms with Gasteiger partial charge < -0.3 is 11.1 Å². The van der Waals surface area contributed by atoms with Crippen LogP contribution in [-0.2, 0) is 11.3 Å². The minimum absolute atomic E-state index is 0.